The molecular weight excluding hydrogens is 359 g/mol. The van der Waals surface area contributed by atoms with Crippen LogP contribution >= 0.6 is 46.4 Å². The summed E-state index contributed by atoms with van der Waals surface area (Å²) >= 11 is 13.1. The molecule has 3 N–H and O–H groups in total. The maximum absolute atomic E-state index is 6.02. The molecule has 0 fully saturated rings. The number of aromatic amines is 1. The Hall–Kier alpha value is -0.730. The van der Waals surface area contributed by atoms with Gasteiger partial charge in [-0.15, -0.1) is 0 Å². The van der Waals surface area contributed by atoms with Crippen molar-refractivity contribution in [2.75, 3.05) is 5.73 Å². The topological polar surface area (TPSA) is 67.6 Å². The maximum atomic E-state index is 6.02. The lowest BCUT2D eigenvalue weighted by Gasteiger charge is -2.03. The molecule has 0 aliphatic carbocycles. The Labute approximate surface area is 115 Å². The highest BCUT2D eigenvalue weighted by molar-refractivity contribution is 14.1. The molecule has 0 atom stereocenters. The Bertz CT molecular complexity index is 598. The van der Waals surface area contributed by atoms with Crippen molar-refractivity contribution in [2.24, 2.45) is 0 Å². The molecule has 2 aromatic rings. The Balaban J connectivity index is 2.58. The van der Waals surface area contributed by atoms with E-state index in [0.29, 0.717) is 10.8 Å². The average molecular weight is 365 g/mol. The van der Waals surface area contributed by atoms with E-state index >= 15 is 0 Å². The van der Waals surface area contributed by atoms with Gasteiger partial charge in [0, 0.05) is 9.13 Å². The monoisotopic (exact) mass is 364 g/mol. The first-order valence-electron chi connectivity index (χ1n) is 4.25. The molecule has 1 aromatic carbocycles. The van der Waals surface area contributed by atoms with Crippen LogP contribution in [0.3, 0.4) is 0 Å². The van der Waals surface area contributed by atoms with Crippen molar-refractivity contribution in [1.82, 2.24) is 15.0 Å². The summed E-state index contributed by atoms with van der Waals surface area (Å²) in [5.41, 5.74) is 6.38. The summed E-state index contributed by atoms with van der Waals surface area (Å²) in [6.45, 7) is 0. The zero-order valence-corrected chi connectivity index (χ0v) is 11.6. The van der Waals surface area contributed by atoms with Crippen molar-refractivity contribution in [3.05, 3.63) is 31.6 Å². The van der Waals surface area contributed by atoms with Crippen LogP contribution in [-0.2, 0) is 0 Å². The van der Waals surface area contributed by atoms with Crippen LogP contribution in [0.4, 0.5) is 5.95 Å². The minimum absolute atomic E-state index is 0.209. The lowest BCUT2D eigenvalue weighted by Crippen LogP contribution is -1.99. The third kappa shape index (κ3) is 2.50. The van der Waals surface area contributed by atoms with Crippen molar-refractivity contribution in [2.45, 2.75) is 0 Å². The second-order valence-corrected chi connectivity index (χ2v) is 4.93. The summed E-state index contributed by atoms with van der Waals surface area (Å²) < 4.78 is 1.18. The minimum Gasteiger partial charge on any atom is -0.369 e. The summed E-state index contributed by atoms with van der Waals surface area (Å²) in [6, 6.07) is 5.59. The molecule has 0 bridgehead atoms. The Kier molecular flexibility index (Phi) is 3.41. The van der Waals surface area contributed by atoms with Crippen molar-refractivity contribution >= 4 is 52.4 Å². The number of nitrogens with one attached hydrogen (secondary N) is 1. The third-order valence-electron chi connectivity index (χ3n) is 1.86. The number of anilines is 1. The van der Waals surface area contributed by atoms with Gasteiger partial charge in [-0.3, -0.25) is 0 Å². The Morgan fingerprint density at radius 3 is 2.75 bits per heavy atom. The number of nitrogens with zero attached hydrogens (tertiary/aromatic N) is 2. The van der Waals surface area contributed by atoms with Gasteiger partial charge in [-0.1, -0.05) is 17.7 Å². The molecule has 0 spiro atoms. The molecule has 7 heteroatoms. The SMILES string of the molecule is Nc1nc(=S)nc(-c2ccc(I)c(Cl)c2)[nH]1. The number of nitrogen functional groups attached to an aromatic ring is 1. The highest BCUT2D eigenvalue weighted by Crippen LogP contribution is 2.24. The van der Waals surface area contributed by atoms with Crippen LogP contribution in [0.15, 0.2) is 18.2 Å². The van der Waals surface area contributed by atoms with Gasteiger partial charge in [0.05, 0.1) is 5.02 Å². The van der Waals surface area contributed by atoms with Crippen LogP contribution < -0.4 is 5.73 Å². The lowest BCUT2D eigenvalue weighted by atomic mass is 10.2. The standard InChI is InChI=1S/C9H6ClIN4S/c10-5-3-4(1-2-6(5)11)7-13-8(12)15-9(16)14-7/h1-3H,(H3,12,13,14,15,16). The van der Waals surface area contributed by atoms with E-state index in [4.69, 9.17) is 29.6 Å². The van der Waals surface area contributed by atoms with Gasteiger partial charge in [-0.2, -0.15) is 4.98 Å². The van der Waals surface area contributed by atoms with E-state index in [2.05, 4.69) is 37.5 Å². The number of nitrogens with two attached hydrogens (primary N) is 1. The summed E-state index contributed by atoms with van der Waals surface area (Å²) in [4.78, 5) is 10.7. The van der Waals surface area contributed by atoms with Crippen LogP contribution in [0.25, 0.3) is 11.4 Å². The van der Waals surface area contributed by atoms with Gasteiger partial charge in [-0.05, 0) is 46.9 Å². The van der Waals surface area contributed by atoms with Gasteiger partial charge in [-0.25, -0.2) is 4.98 Å². The molecular formula is C9H6ClIN4S. The Morgan fingerprint density at radius 2 is 2.12 bits per heavy atom. The van der Waals surface area contributed by atoms with Crippen molar-refractivity contribution in [3.8, 4) is 11.4 Å². The average Bonchev–Trinajstić information content (AvgIpc) is 2.20. The van der Waals surface area contributed by atoms with Gasteiger partial charge in [0.1, 0.15) is 5.82 Å². The first-order valence-corrected chi connectivity index (χ1v) is 6.12. The fourth-order valence-corrected chi connectivity index (χ4v) is 1.89. The van der Waals surface area contributed by atoms with E-state index in [0.717, 1.165) is 9.13 Å². The summed E-state index contributed by atoms with van der Waals surface area (Å²) in [5, 5.41) is 0.662. The number of hydrogen-bond acceptors (Lipinski definition) is 4. The number of benzene rings is 1. The zero-order chi connectivity index (χ0) is 11.7. The molecule has 82 valence electrons. The first kappa shape index (κ1) is 11.7. The second kappa shape index (κ2) is 4.64. The summed E-state index contributed by atoms with van der Waals surface area (Å²) in [5.74, 6) is 0.806. The zero-order valence-electron chi connectivity index (χ0n) is 7.87. The first-order chi connectivity index (χ1) is 7.56. The quantitative estimate of drug-likeness (QED) is 0.603. The molecule has 0 aliphatic heterocycles. The largest absolute Gasteiger partial charge is 0.369 e. The molecule has 1 aromatic heterocycles. The molecule has 0 radical (unpaired) electrons. The van der Waals surface area contributed by atoms with Crippen LogP contribution in [0.2, 0.25) is 5.02 Å². The molecule has 16 heavy (non-hydrogen) atoms. The predicted octanol–water partition coefficient (Wildman–Crippen LogP) is 3.04. The van der Waals surface area contributed by atoms with Crippen molar-refractivity contribution in [1.29, 1.82) is 0 Å². The van der Waals surface area contributed by atoms with Crippen molar-refractivity contribution in [3.63, 3.8) is 0 Å². The maximum Gasteiger partial charge on any atom is 0.224 e. The fraction of sp³-hybridized carbons (Fsp3) is 0. The highest BCUT2D eigenvalue weighted by atomic mass is 127. The number of H-pyrrole nitrogens is 1. The van der Waals surface area contributed by atoms with Crippen LogP contribution in [0, 0.1) is 8.34 Å². The molecule has 0 saturated heterocycles. The third-order valence-corrected chi connectivity index (χ3v) is 3.62. The van der Waals surface area contributed by atoms with Crippen LogP contribution in [0.5, 0.6) is 0 Å². The van der Waals surface area contributed by atoms with Crippen LogP contribution in [0.1, 0.15) is 0 Å². The van der Waals surface area contributed by atoms with Gasteiger partial charge < -0.3 is 10.7 Å². The van der Waals surface area contributed by atoms with E-state index in [9.17, 15) is 0 Å². The molecule has 0 unspecified atom stereocenters. The van der Waals surface area contributed by atoms with Crippen molar-refractivity contribution < 1.29 is 0 Å². The predicted molar refractivity (Wildman–Crippen MR) is 74.8 cm³/mol. The molecule has 2 rings (SSSR count). The van der Waals surface area contributed by atoms with Gasteiger partial charge in [0.15, 0.2) is 0 Å². The van der Waals surface area contributed by atoms with Gasteiger partial charge in [0.25, 0.3) is 0 Å². The number of aromatic nitrogens is 3. The molecule has 0 saturated carbocycles. The molecule has 1 heterocycles. The highest BCUT2D eigenvalue weighted by Gasteiger charge is 2.04. The van der Waals surface area contributed by atoms with E-state index in [1.54, 1.807) is 6.07 Å². The molecule has 0 amide bonds. The second-order valence-electron chi connectivity index (χ2n) is 2.99. The normalized spacial score (nSPS) is 10.4. The molecule has 0 aliphatic rings. The fourth-order valence-electron chi connectivity index (χ4n) is 1.18. The summed E-state index contributed by atoms with van der Waals surface area (Å²) in [6.07, 6.45) is 0. The number of hydrogen-bond donors (Lipinski definition) is 2. The van der Waals surface area contributed by atoms with Crippen LogP contribution in [-0.4, -0.2) is 15.0 Å². The number of rotatable bonds is 1. The number of halogens is 2. The van der Waals surface area contributed by atoms with Gasteiger partial charge >= 0.3 is 0 Å². The van der Waals surface area contributed by atoms with E-state index in [1.807, 2.05) is 12.1 Å². The summed E-state index contributed by atoms with van der Waals surface area (Å²) in [7, 11) is 0. The van der Waals surface area contributed by atoms with E-state index < -0.39 is 0 Å². The minimum atomic E-state index is 0.209. The smallest absolute Gasteiger partial charge is 0.224 e. The lowest BCUT2D eigenvalue weighted by molar-refractivity contribution is 1.05. The molecule has 4 nitrogen and oxygen atoms in total. The Morgan fingerprint density at radius 1 is 1.38 bits per heavy atom. The van der Waals surface area contributed by atoms with E-state index in [-0.39, 0.29) is 10.7 Å². The van der Waals surface area contributed by atoms with Gasteiger partial charge in [0.2, 0.25) is 10.7 Å². The van der Waals surface area contributed by atoms with E-state index in [1.165, 1.54) is 0 Å².